The molecule has 3 rings (SSSR count). The molecule has 2 amide bonds. The van der Waals surface area contributed by atoms with Crippen LogP contribution in [0.2, 0.25) is 0 Å². The second kappa shape index (κ2) is 13.5. The summed E-state index contributed by atoms with van der Waals surface area (Å²) >= 11 is 0. The van der Waals surface area contributed by atoms with Crippen LogP contribution >= 0.6 is 0 Å². The molecule has 1 saturated carbocycles. The maximum absolute atomic E-state index is 13.4. The molecule has 0 bridgehead atoms. The Morgan fingerprint density at radius 3 is 2.41 bits per heavy atom. The van der Waals surface area contributed by atoms with Crippen LogP contribution in [0.15, 0.2) is 54.6 Å². The van der Waals surface area contributed by atoms with Crippen molar-refractivity contribution in [3.05, 3.63) is 60.2 Å². The Labute approximate surface area is 221 Å². The molecule has 0 aromatic heterocycles. The summed E-state index contributed by atoms with van der Waals surface area (Å²) in [6, 6.07) is 15.9. The molecule has 202 valence electrons. The average molecular weight is 530 g/mol. The highest BCUT2D eigenvalue weighted by atomic mass is 32.2. The van der Waals surface area contributed by atoms with Crippen molar-refractivity contribution in [2.45, 2.75) is 70.5 Å². The first kappa shape index (κ1) is 28.5. The van der Waals surface area contributed by atoms with Crippen LogP contribution < -0.4 is 14.4 Å². The summed E-state index contributed by atoms with van der Waals surface area (Å²) in [5, 5.41) is 3.13. The van der Waals surface area contributed by atoms with E-state index in [1.54, 1.807) is 36.1 Å². The van der Waals surface area contributed by atoms with Gasteiger partial charge in [-0.05, 0) is 43.9 Å². The molecule has 2 aromatic carbocycles. The number of methoxy groups -OCH3 is 1. The molecular weight excluding hydrogens is 490 g/mol. The molecule has 0 heterocycles. The smallest absolute Gasteiger partial charge is 0.242 e. The second-order valence-corrected chi connectivity index (χ2v) is 11.6. The number of rotatable bonds is 12. The average Bonchev–Trinajstić information content (AvgIpc) is 2.89. The minimum Gasteiger partial charge on any atom is -0.497 e. The monoisotopic (exact) mass is 529 g/mol. The Morgan fingerprint density at radius 2 is 1.76 bits per heavy atom. The number of anilines is 1. The van der Waals surface area contributed by atoms with E-state index in [2.05, 4.69) is 5.32 Å². The number of nitrogens with one attached hydrogen (secondary N) is 1. The molecule has 1 fully saturated rings. The van der Waals surface area contributed by atoms with Gasteiger partial charge in [0.25, 0.3) is 0 Å². The van der Waals surface area contributed by atoms with Crippen LogP contribution in [-0.4, -0.2) is 57.1 Å². The number of carbonyl (C=O) groups excluding carboxylic acids is 2. The summed E-state index contributed by atoms with van der Waals surface area (Å²) in [6.45, 7) is 2.21. The molecular formula is C28H39N3O5S. The van der Waals surface area contributed by atoms with Gasteiger partial charge in [-0.15, -0.1) is 0 Å². The first-order chi connectivity index (χ1) is 17.7. The lowest BCUT2D eigenvalue weighted by Gasteiger charge is -2.31. The third-order valence-electron chi connectivity index (χ3n) is 6.81. The van der Waals surface area contributed by atoms with Crippen LogP contribution in [0.4, 0.5) is 5.69 Å². The molecule has 0 spiro atoms. The van der Waals surface area contributed by atoms with E-state index in [1.165, 1.54) is 17.8 Å². The Balaban J connectivity index is 1.70. The van der Waals surface area contributed by atoms with Crippen LogP contribution in [0.1, 0.15) is 57.4 Å². The summed E-state index contributed by atoms with van der Waals surface area (Å²) in [4.78, 5) is 28.1. The van der Waals surface area contributed by atoms with Crippen LogP contribution in [0.3, 0.4) is 0 Å². The summed E-state index contributed by atoms with van der Waals surface area (Å²) in [7, 11) is -2.04. The summed E-state index contributed by atoms with van der Waals surface area (Å²) in [5.74, 6) is 0.216. The van der Waals surface area contributed by atoms with E-state index in [1.807, 2.05) is 30.3 Å². The van der Waals surface area contributed by atoms with Crippen molar-refractivity contribution in [3.8, 4) is 5.75 Å². The maximum Gasteiger partial charge on any atom is 0.242 e. The van der Waals surface area contributed by atoms with Gasteiger partial charge in [0, 0.05) is 31.6 Å². The number of amides is 2. The summed E-state index contributed by atoms with van der Waals surface area (Å²) in [6.07, 6.45) is 6.92. The molecule has 1 aliphatic carbocycles. The molecule has 1 atom stereocenters. The highest BCUT2D eigenvalue weighted by Crippen LogP contribution is 2.24. The predicted molar refractivity (Wildman–Crippen MR) is 146 cm³/mol. The predicted octanol–water partition coefficient (Wildman–Crippen LogP) is 4.11. The number of sulfonamides is 1. The van der Waals surface area contributed by atoms with E-state index in [4.69, 9.17) is 4.74 Å². The molecule has 8 nitrogen and oxygen atoms in total. The topological polar surface area (TPSA) is 96.0 Å². The van der Waals surface area contributed by atoms with Crippen molar-refractivity contribution in [3.63, 3.8) is 0 Å². The Bertz CT molecular complexity index is 1130. The fourth-order valence-electron chi connectivity index (χ4n) is 4.70. The fraction of sp³-hybridized carbons (Fsp3) is 0.500. The van der Waals surface area contributed by atoms with Crippen LogP contribution in [0.25, 0.3) is 0 Å². The Morgan fingerprint density at radius 1 is 1.05 bits per heavy atom. The van der Waals surface area contributed by atoms with Gasteiger partial charge in [0.1, 0.15) is 11.8 Å². The summed E-state index contributed by atoms with van der Waals surface area (Å²) in [5.41, 5.74) is 1.41. The quantitative estimate of drug-likeness (QED) is 0.447. The van der Waals surface area contributed by atoms with E-state index in [0.717, 1.165) is 37.5 Å². The molecule has 0 saturated heterocycles. The molecule has 0 radical (unpaired) electrons. The lowest BCUT2D eigenvalue weighted by atomic mass is 9.95. The third kappa shape index (κ3) is 8.49. The second-order valence-electron chi connectivity index (χ2n) is 9.67. The zero-order chi connectivity index (χ0) is 26.8. The van der Waals surface area contributed by atoms with Crippen molar-refractivity contribution < 1.29 is 22.7 Å². The number of ether oxygens (including phenoxy) is 1. The van der Waals surface area contributed by atoms with Crippen molar-refractivity contribution in [1.82, 2.24) is 10.2 Å². The normalized spacial score (nSPS) is 15.0. The van der Waals surface area contributed by atoms with Gasteiger partial charge in [0.15, 0.2) is 0 Å². The molecule has 0 aliphatic heterocycles. The lowest BCUT2D eigenvalue weighted by molar-refractivity contribution is -0.141. The van der Waals surface area contributed by atoms with E-state index in [9.17, 15) is 18.0 Å². The number of hydrogen-bond acceptors (Lipinski definition) is 5. The van der Waals surface area contributed by atoms with Crippen LogP contribution in [0.5, 0.6) is 5.75 Å². The lowest BCUT2D eigenvalue weighted by Crippen LogP contribution is -2.50. The SMILES string of the molecule is COc1cccc(N(CCCC(=O)N(Cc2ccccc2)[C@H](C)C(=O)NC2CCCCC2)S(C)(=O)=O)c1. The Kier molecular flexibility index (Phi) is 10.4. The standard InChI is InChI=1S/C28H39N3O5S/c1-22(28(33)29-24-14-8-5-9-15-24)30(21-23-12-6-4-7-13-23)27(32)18-11-19-31(37(3,34)35)25-16-10-17-26(20-25)36-2/h4,6-7,10,12-13,16-17,20,22,24H,5,8-9,11,14-15,18-19,21H2,1-3H3,(H,29,33)/t22-/m1/s1. The highest BCUT2D eigenvalue weighted by Gasteiger charge is 2.28. The largest absolute Gasteiger partial charge is 0.497 e. The summed E-state index contributed by atoms with van der Waals surface area (Å²) < 4.78 is 31.5. The van der Waals surface area contributed by atoms with Gasteiger partial charge in [-0.2, -0.15) is 0 Å². The van der Waals surface area contributed by atoms with Gasteiger partial charge in [-0.1, -0.05) is 55.7 Å². The molecule has 2 aromatic rings. The van der Waals surface area contributed by atoms with Gasteiger partial charge in [0.05, 0.1) is 19.1 Å². The molecule has 37 heavy (non-hydrogen) atoms. The van der Waals surface area contributed by atoms with Crippen LogP contribution in [0, 0.1) is 0 Å². The Hall–Kier alpha value is -3.07. The maximum atomic E-state index is 13.4. The molecule has 1 aliphatic rings. The van der Waals surface area contributed by atoms with Crippen molar-refractivity contribution in [2.24, 2.45) is 0 Å². The molecule has 9 heteroatoms. The zero-order valence-electron chi connectivity index (χ0n) is 22.1. The van der Waals surface area contributed by atoms with E-state index in [0.29, 0.717) is 24.4 Å². The minimum atomic E-state index is -3.57. The highest BCUT2D eigenvalue weighted by molar-refractivity contribution is 7.92. The van der Waals surface area contributed by atoms with Crippen molar-refractivity contribution in [2.75, 3.05) is 24.2 Å². The van der Waals surface area contributed by atoms with Gasteiger partial charge in [-0.3, -0.25) is 13.9 Å². The van der Waals surface area contributed by atoms with E-state index in [-0.39, 0.29) is 30.8 Å². The third-order valence-corrected chi connectivity index (χ3v) is 8.00. The first-order valence-corrected chi connectivity index (χ1v) is 14.8. The van der Waals surface area contributed by atoms with Gasteiger partial charge >= 0.3 is 0 Å². The number of nitrogens with zero attached hydrogens (tertiary/aromatic N) is 2. The van der Waals surface area contributed by atoms with Crippen LogP contribution in [-0.2, 0) is 26.2 Å². The minimum absolute atomic E-state index is 0.115. The fourth-order valence-corrected chi connectivity index (χ4v) is 5.66. The molecule has 1 N–H and O–H groups in total. The number of carbonyl (C=O) groups is 2. The number of hydrogen-bond donors (Lipinski definition) is 1. The van der Waals surface area contributed by atoms with Crippen molar-refractivity contribution >= 4 is 27.5 Å². The van der Waals surface area contributed by atoms with E-state index < -0.39 is 16.1 Å². The van der Waals surface area contributed by atoms with Gasteiger partial charge in [-0.25, -0.2) is 8.42 Å². The molecule has 0 unspecified atom stereocenters. The first-order valence-electron chi connectivity index (χ1n) is 12.9. The van der Waals surface area contributed by atoms with E-state index >= 15 is 0 Å². The van der Waals surface area contributed by atoms with Gasteiger partial charge in [0.2, 0.25) is 21.8 Å². The van der Waals surface area contributed by atoms with Crippen molar-refractivity contribution in [1.29, 1.82) is 0 Å². The zero-order valence-corrected chi connectivity index (χ0v) is 22.9. The number of benzene rings is 2. The van der Waals surface area contributed by atoms with Gasteiger partial charge < -0.3 is 15.0 Å².